The highest BCUT2D eigenvalue weighted by Gasteiger charge is 2.07. The van der Waals surface area contributed by atoms with Crippen LogP contribution in [0.4, 0.5) is 16.5 Å². The van der Waals surface area contributed by atoms with Gasteiger partial charge >= 0.3 is 6.03 Å². The molecule has 0 spiro atoms. The van der Waals surface area contributed by atoms with Gasteiger partial charge in [-0.15, -0.1) is 0 Å². The Morgan fingerprint density at radius 1 is 1.44 bits per heavy atom. The lowest BCUT2D eigenvalue weighted by molar-refractivity contribution is 0.261. The summed E-state index contributed by atoms with van der Waals surface area (Å²) in [6, 6.07) is 4.46. The van der Waals surface area contributed by atoms with Crippen LogP contribution < -0.4 is 10.6 Å². The quantitative estimate of drug-likeness (QED) is 0.889. The van der Waals surface area contributed by atoms with E-state index in [1.165, 1.54) is 0 Å². The van der Waals surface area contributed by atoms with Crippen LogP contribution in [0.3, 0.4) is 0 Å². The number of carbonyl (C=O) groups is 1. The molecular formula is C9H8BrN3O3. The van der Waals surface area contributed by atoms with E-state index in [9.17, 15) is 4.79 Å². The van der Waals surface area contributed by atoms with E-state index in [1.54, 1.807) is 25.1 Å². The Bertz CT molecular complexity index is 461. The maximum absolute atomic E-state index is 11.4. The van der Waals surface area contributed by atoms with Crippen molar-refractivity contribution in [1.29, 1.82) is 0 Å². The lowest BCUT2D eigenvalue weighted by Gasteiger charge is -2.00. The van der Waals surface area contributed by atoms with Crippen molar-refractivity contribution >= 4 is 33.7 Å². The summed E-state index contributed by atoms with van der Waals surface area (Å²) in [5, 5.41) is 8.60. The zero-order chi connectivity index (χ0) is 11.5. The topological polar surface area (TPSA) is 80.3 Å². The number of hydrogen-bond donors (Lipinski definition) is 2. The maximum atomic E-state index is 11.4. The van der Waals surface area contributed by atoms with Crippen molar-refractivity contribution in [2.45, 2.75) is 6.92 Å². The molecule has 6 nitrogen and oxygen atoms in total. The standard InChI is InChI=1S/C9H8BrN3O3/c1-5-4-7(13-16-5)11-9(14)12-8-3-2-6(10)15-8/h2-4H,1H3,(H2,11,12,13,14). The number of aryl methyl sites for hydroxylation is 1. The summed E-state index contributed by atoms with van der Waals surface area (Å²) in [6.45, 7) is 1.74. The summed E-state index contributed by atoms with van der Waals surface area (Å²) in [4.78, 5) is 11.4. The zero-order valence-electron chi connectivity index (χ0n) is 8.28. The first kappa shape index (κ1) is 10.7. The van der Waals surface area contributed by atoms with Gasteiger partial charge in [0.05, 0.1) is 0 Å². The summed E-state index contributed by atoms with van der Waals surface area (Å²) in [5.74, 6) is 1.31. The van der Waals surface area contributed by atoms with Crippen LogP contribution in [-0.2, 0) is 0 Å². The monoisotopic (exact) mass is 285 g/mol. The molecule has 2 aromatic heterocycles. The molecule has 0 unspecified atom stereocenters. The molecule has 0 atom stereocenters. The van der Waals surface area contributed by atoms with Gasteiger partial charge in [-0.25, -0.2) is 4.79 Å². The van der Waals surface area contributed by atoms with E-state index < -0.39 is 6.03 Å². The molecule has 0 aliphatic rings. The predicted octanol–water partition coefficient (Wildman–Crippen LogP) is 2.98. The number of furan rings is 1. The SMILES string of the molecule is Cc1cc(NC(=O)Nc2ccc(Br)o2)no1. The van der Waals surface area contributed by atoms with Crippen LogP contribution in [0.15, 0.2) is 31.8 Å². The van der Waals surface area contributed by atoms with Crippen molar-refractivity contribution < 1.29 is 13.7 Å². The Hall–Kier alpha value is -1.76. The molecule has 2 heterocycles. The van der Waals surface area contributed by atoms with Gasteiger partial charge in [0.25, 0.3) is 0 Å². The van der Waals surface area contributed by atoms with Gasteiger partial charge in [-0.3, -0.25) is 10.6 Å². The Morgan fingerprint density at radius 3 is 2.81 bits per heavy atom. The lowest BCUT2D eigenvalue weighted by Crippen LogP contribution is -2.19. The van der Waals surface area contributed by atoms with Gasteiger partial charge in [0.1, 0.15) is 5.76 Å². The molecule has 0 saturated heterocycles. The number of hydrogen-bond acceptors (Lipinski definition) is 4. The van der Waals surface area contributed by atoms with Gasteiger partial charge in [-0.05, 0) is 28.9 Å². The number of nitrogens with one attached hydrogen (secondary N) is 2. The van der Waals surface area contributed by atoms with Gasteiger partial charge in [-0.1, -0.05) is 5.16 Å². The van der Waals surface area contributed by atoms with E-state index in [4.69, 9.17) is 8.94 Å². The van der Waals surface area contributed by atoms with E-state index in [0.29, 0.717) is 22.1 Å². The number of nitrogens with zero attached hydrogens (tertiary/aromatic N) is 1. The molecule has 2 rings (SSSR count). The second-order valence-corrected chi connectivity index (χ2v) is 3.79. The van der Waals surface area contributed by atoms with Gasteiger partial charge in [0.2, 0.25) is 5.88 Å². The summed E-state index contributed by atoms with van der Waals surface area (Å²) >= 11 is 3.13. The minimum Gasteiger partial charge on any atom is -0.434 e. The molecule has 2 amide bonds. The first-order valence-corrected chi connectivity index (χ1v) is 5.19. The van der Waals surface area contributed by atoms with Crippen LogP contribution in [-0.4, -0.2) is 11.2 Å². The number of anilines is 2. The highest BCUT2D eigenvalue weighted by Crippen LogP contribution is 2.18. The Kier molecular flexibility index (Phi) is 2.95. The summed E-state index contributed by atoms with van der Waals surface area (Å²) in [6.07, 6.45) is 0. The summed E-state index contributed by atoms with van der Waals surface area (Å²) < 4.78 is 10.4. The third-order valence-electron chi connectivity index (χ3n) is 1.68. The van der Waals surface area contributed by atoms with Crippen molar-refractivity contribution in [1.82, 2.24) is 5.16 Å². The fourth-order valence-corrected chi connectivity index (χ4v) is 1.37. The molecular weight excluding hydrogens is 278 g/mol. The van der Waals surface area contributed by atoms with E-state index in [2.05, 4.69) is 31.7 Å². The molecule has 16 heavy (non-hydrogen) atoms. The van der Waals surface area contributed by atoms with E-state index in [1.807, 2.05) is 0 Å². The van der Waals surface area contributed by atoms with Gasteiger partial charge in [0, 0.05) is 12.1 Å². The molecule has 0 bridgehead atoms. The Labute approximate surface area is 99.1 Å². The molecule has 0 fully saturated rings. The van der Waals surface area contributed by atoms with E-state index in [0.717, 1.165) is 0 Å². The number of amides is 2. The fraction of sp³-hybridized carbons (Fsp3) is 0.111. The highest BCUT2D eigenvalue weighted by atomic mass is 79.9. The average molecular weight is 286 g/mol. The average Bonchev–Trinajstić information content (AvgIpc) is 2.76. The molecule has 0 saturated carbocycles. The number of rotatable bonds is 2. The molecule has 0 aliphatic heterocycles. The number of aromatic nitrogens is 1. The van der Waals surface area contributed by atoms with Crippen molar-refractivity contribution in [3.05, 3.63) is 28.6 Å². The molecule has 84 valence electrons. The van der Waals surface area contributed by atoms with Crippen LogP contribution >= 0.6 is 15.9 Å². The van der Waals surface area contributed by atoms with Gasteiger partial charge < -0.3 is 8.94 Å². The minimum atomic E-state index is -0.449. The van der Waals surface area contributed by atoms with Crippen molar-refractivity contribution in [2.75, 3.05) is 10.6 Å². The normalized spacial score (nSPS) is 10.1. The van der Waals surface area contributed by atoms with Crippen molar-refractivity contribution in [3.8, 4) is 0 Å². The largest absolute Gasteiger partial charge is 0.434 e. The van der Waals surface area contributed by atoms with Gasteiger partial charge in [-0.2, -0.15) is 0 Å². The maximum Gasteiger partial charge on any atom is 0.327 e. The summed E-state index contributed by atoms with van der Waals surface area (Å²) in [7, 11) is 0. The molecule has 7 heteroatoms. The molecule has 0 aliphatic carbocycles. The van der Waals surface area contributed by atoms with Crippen LogP contribution in [0.2, 0.25) is 0 Å². The highest BCUT2D eigenvalue weighted by molar-refractivity contribution is 9.10. The predicted molar refractivity (Wildman–Crippen MR) is 60.3 cm³/mol. The Balaban J connectivity index is 1.94. The second kappa shape index (κ2) is 4.40. The molecule has 0 aromatic carbocycles. The number of urea groups is 1. The van der Waals surface area contributed by atoms with Crippen LogP contribution in [0.25, 0.3) is 0 Å². The smallest absolute Gasteiger partial charge is 0.327 e. The van der Waals surface area contributed by atoms with Crippen LogP contribution in [0, 0.1) is 6.92 Å². The third-order valence-corrected chi connectivity index (χ3v) is 2.11. The number of halogens is 1. The third kappa shape index (κ3) is 2.63. The zero-order valence-corrected chi connectivity index (χ0v) is 9.87. The molecule has 0 radical (unpaired) electrons. The van der Waals surface area contributed by atoms with E-state index >= 15 is 0 Å². The minimum absolute atomic E-state index is 0.338. The molecule has 2 N–H and O–H groups in total. The van der Waals surface area contributed by atoms with Gasteiger partial charge in [0.15, 0.2) is 10.5 Å². The first-order valence-electron chi connectivity index (χ1n) is 4.40. The van der Waals surface area contributed by atoms with Crippen LogP contribution in [0.1, 0.15) is 5.76 Å². The van der Waals surface area contributed by atoms with E-state index in [-0.39, 0.29) is 0 Å². The summed E-state index contributed by atoms with van der Waals surface area (Å²) in [5.41, 5.74) is 0. The first-order chi connectivity index (χ1) is 7.63. The van der Waals surface area contributed by atoms with Crippen molar-refractivity contribution in [2.24, 2.45) is 0 Å². The number of carbonyl (C=O) groups excluding carboxylic acids is 1. The van der Waals surface area contributed by atoms with Crippen LogP contribution in [0.5, 0.6) is 0 Å². The Morgan fingerprint density at radius 2 is 2.25 bits per heavy atom. The van der Waals surface area contributed by atoms with Crippen molar-refractivity contribution in [3.63, 3.8) is 0 Å². The fourth-order valence-electron chi connectivity index (χ4n) is 1.07. The molecule has 2 aromatic rings. The second-order valence-electron chi connectivity index (χ2n) is 3.01. The lowest BCUT2D eigenvalue weighted by atomic mass is 10.5.